The molecule has 0 amide bonds. The number of para-hydroxylation sites is 2. The average molecular weight is 397 g/mol. The predicted octanol–water partition coefficient (Wildman–Crippen LogP) is 5.95. The Balaban J connectivity index is 1.99. The van der Waals surface area contributed by atoms with Crippen molar-refractivity contribution in [2.45, 2.75) is 71.8 Å². The first kappa shape index (κ1) is 21.5. The third-order valence-corrected chi connectivity index (χ3v) is 6.21. The molecule has 3 rings (SSSR count). The number of halogens is 1. The summed E-state index contributed by atoms with van der Waals surface area (Å²) in [6.07, 6.45) is 1.74. The van der Waals surface area contributed by atoms with Crippen LogP contribution < -0.4 is 0 Å². The number of nitrogens with one attached hydrogen (secondary N) is 1. The van der Waals surface area contributed by atoms with Gasteiger partial charge in [-0.1, -0.05) is 59.7 Å². The van der Waals surface area contributed by atoms with Crippen LogP contribution in [-0.2, 0) is 18.3 Å². The van der Waals surface area contributed by atoms with E-state index in [4.69, 9.17) is 0 Å². The zero-order valence-electron chi connectivity index (χ0n) is 18.4. The van der Waals surface area contributed by atoms with Gasteiger partial charge in [-0.25, -0.2) is 9.37 Å². The summed E-state index contributed by atoms with van der Waals surface area (Å²) in [4.78, 5) is 8.04. The van der Waals surface area contributed by atoms with Crippen LogP contribution in [0.5, 0.6) is 0 Å². The van der Waals surface area contributed by atoms with E-state index < -0.39 is 11.0 Å². The quantitative estimate of drug-likeness (QED) is 0.541. The highest BCUT2D eigenvalue weighted by molar-refractivity contribution is 5.74. The summed E-state index contributed by atoms with van der Waals surface area (Å²) >= 11 is 0. The van der Waals surface area contributed by atoms with Gasteiger partial charge in [-0.3, -0.25) is 0 Å². The second kappa shape index (κ2) is 7.56. The van der Waals surface area contributed by atoms with Crippen molar-refractivity contribution in [2.24, 2.45) is 5.41 Å². The van der Waals surface area contributed by atoms with Crippen molar-refractivity contribution in [1.29, 1.82) is 0 Å². The maximum absolute atomic E-state index is 14.1. The van der Waals surface area contributed by atoms with Crippen LogP contribution in [0.4, 0.5) is 4.39 Å². The van der Waals surface area contributed by atoms with E-state index in [1.165, 1.54) is 6.07 Å². The smallest absolute Gasteiger partial charge is 0.123 e. The molecule has 1 heterocycles. The highest BCUT2D eigenvalue weighted by Crippen LogP contribution is 2.44. The molecule has 0 saturated carbocycles. The van der Waals surface area contributed by atoms with Gasteiger partial charge in [0.15, 0.2) is 0 Å². The van der Waals surface area contributed by atoms with Crippen molar-refractivity contribution in [3.63, 3.8) is 0 Å². The number of aryl methyl sites for hydroxylation is 1. The fourth-order valence-electron chi connectivity index (χ4n) is 4.27. The molecule has 4 heteroatoms. The highest BCUT2D eigenvalue weighted by Gasteiger charge is 2.45. The standard InChI is InChI=1S/C25H33FN2O/c1-7-17-12-13-18(26)14-19(17)24(5,6)16-25(29,23(2,3)4)15-22-27-20-10-8-9-11-21(20)28-22/h8-14,29H,7,15-16H2,1-6H3,(H,27,28). The lowest BCUT2D eigenvalue weighted by molar-refractivity contribution is -0.0782. The van der Waals surface area contributed by atoms with Crippen LogP contribution in [0.15, 0.2) is 42.5 Å². The zero-order chi connectivity index (χ0) is 21.4. The summed E-state index contributed by atoms with van der Waals surface area (Å²) in [5.74, 6) is 0.538. The lowest BCUT2D eigenvalue weighted by Crippen LogP contribution is -2.49. The number of aromatic amines is 1. The fraction of sp³-hybridized carbons (Fsp3) is 0.480. The van der Waals surface area contributed by atoms with Gasteiger partial charge in [-0.15, -0.1) is 0 Å². The van der Waals surface area contributed by atoms with Crippen LogP contribution in [0, 0.1) is 11.2 Å². The molecule has 29 heavy (non-hydrogen) atoms. The Morgan fingerprint density at radius 2 is 1.72 bits per heavy atom. The van der Waals surface area contributed by atoms with E-state index in [1.807, 2.05) is 30.3 Å². The lowest BCUT2D eigenvalue weighted by Gasteiger charge is -2.45. The largest absolute Gasteiger partial charge is 0.389 e. The number of aliphatic hydroxyl groups is 1. The summed E-state index contributed by atoms with van der Waals surface area (Å²) in [5.41, 5.74) is 2.14. The number of aromatic nitrogens is 2. The summed E-state index contributed by atoms with van der Waals surface area (Å²) in [5, 5.41) is 11.9. The molecule has 1 unspecified atom stereocenters. The molecule has 3 aromatic rings. The zero-order valence-corrected chi connectivity index (χ0v) is 18.4. The van der Waals surface area contributed by atoms with Crippen molar-refractivity contribution in [3.8, 4) is 0 Å². The molecule has 0 bridgehead atoms. The summed E-state index contributed by atoms with van der Waals surface area (Å²) < 4.78 is 14.1. The van der Waals surface area contributed by atoms with Crippen molar-refractivity contribution in [2.75, 3.05) is 0 Å². The fourth-order valence-corrected chi connectivity index (χ4v) is 4.27. The molecule has 0 saturated heterocycles. The Hall–Kier alpha value is -2.20. The van der Waals surface area contributed by atoms with E-state index >= 15 is 0 Å². The number of hydrogen-bond donors (Lipinski definition) is 2. The minimum absolute atomic E-state index is 0.234. The summed E-state index contributed by atoms with van der Waals surface area (Å²) in [6.45, 7) is 12.4. The van der Waals surface area contributed by atoms with E-state index in [2.05, 4.69) is 51.5 Å². The summed E-state index contributed by atoms with van der Waals surface area (Å²) in [6, 6.07) is 12.9. The van der Waals surface area contributed by atoms with E-state index in [0.717, 1.165) is 34.4 Å². The Morgan fingerprint density at radius 1 is 1.03 bits per heavy atom. The van der Waals surface area contributed by atoms with Crippen LogP contribution in [0.3, 0.4) is 0 Å². The van der Waals surface area contributed by atoms with Crippen LogP contribution >= 0.6 is 0 Å². The third-order valence-electron chi connectivity index (χ3n) is 6.21. The maximum atomic E-state index is 14.1. The second-order valence-corrected chi connectivity index (χ2v) is 9.87. The molecule has 156 valence electrons. The van der Waals surface area contributed by atoms with Gasteiger partial charge in [-0.05, 0) is 59.1 Å². The van der Waals surface area contributed by atoms with E-state index in [-0.39, 0.29) is 11.2 Å². The molecule has 0 spiro atoms. The number of benzene rings is 2. The molecule has 0 aliphatic rings. The third kappa shape index (κ3) is 4.37. The van der Waals surface area contributed by atoms with Gasteiger partial charge in [0.25, 0.3) is 0 Å². The van der Waals surface area contributed by atoms with Gasteiger partial charge >= 0.3 is 0 Å². The van der Waals surface area contributed by atoms with Gasteiger partial charge in [0.1, 0.15) is 11.6 Å². The molecule has 1 atom stereocenters. The monoisotopic (exact) mass is 396 g/mol. The van der Waals surface area contributed by atoms with Crippen LogP contribution in [0.25, 0.3) is 11.0 Å². The van der Waals surface area contributed by atoms with Gasteiger partial charge < -0.3 is 10.1 Å². The Bertz CT molecular complexity index is 966. The van der Waals surface area contributed by atoms with E-state index in [9.17, 15) is 9.50 Å². The van der Waals surface area contributed by atoms with Crippen LogP contribution in [0.1, 0.15) is 64.9 Å². The van der Waals surface area contributed by atoms with Crippen molar-refractivity contribution >= 4 is 11.0 Å². The minimum atomic E-state index is -1.03. The molecule has 0 fully saturated rings. The molecule has 1 aromatic heterocycles. The molecule has 2 N–H and O–H groups in total. The molecular weight excluding hydrogens is 363 g/mol. The molecule has 0 radical (unpaired) electrons. The molecule has 3 nitrogen and oxygen atoms in total. The van der Waals surface area contributed by atoms with E-state index in [0.29, 0.717) is 12.8 Å². The van der Waals surface area contributed by atoms with Gasteiger partial charge in [0.05, 0.1) is 16.6 Å². The van der Waals surface area contributed by atoms with Crippen molar-refractivity contribution < 1.29 is 9.50 Å². The van der Waals surface area contributed by atoms with E-state index in [1.54, 1.807) is 6.07 Å². The first-order valence-corrected chi connectivity index (χ1v) is 10.4. The normalized spacial score (nSPS) is 14.9. The Morgan fingerprint density at radius 3 is 2.34 bits per heavy atom. The average Bonchev–Trinajstić information content (AvgIpc) is 3.02. The van der Waals surface area contributed by atoms with Gasteiger partial charge in [-0.2, -0.15) is 0 Å². The molecular formula is C25H33FN2O. The van der Waals surface area contributed by atoms with Crippen molar-refractivity contribution in [1.82, 2.24) is 9.97 Å². The maximum Gasteiger partial charge on any atom is 0.123 e. The van der Waals surface area contributed by atoms with Crippen LogP contribution in [-0.4, -0.2) is 20.7 Å². The number of fused-ring (bicyclic) bond motifs is 1. The van der Waals surface area contributed by atoms with Gasteiger partial charge in [0, 0.05) is 6.42 Å². The van der Waals surface area contributed by atoms with Crippen molar-refractivity contribution in [3.05, 3.63) is 65.2 Å². The first-order valence-electron chi connectivity index (χ1n) is 10.4. The predicted molar refractivity (Wildman–Crippen MR) is 118 cm³/mol. The molecule has 2 aromatic carbocycles. The SMILES string of the molecule is CCc1ccc(F)cc1C(C)(C)CC(O)(Cc1nc2ccccc2[nH]1)C(C)(C)C. The number of nitrogens with zero attached hydrogens (tertiary/aromatic N) is 1. The number of rotatable bonds is 6. The number of hydrogen-bond acceptors (Lipinski definition) is 2. The number of imidazole rings is 1. The minimum Gasteiger partial charge on any atom is -0.389 e. The molecule has 0 aliphatic heterocycles. The topological polar surface area (TPSA) is 48.9 Å². The lowest BCUT2D eigenvalue weighted by atomic mass is 9.64. The Labute approximate surface area is 173 Å². The highest BCUT2D eigenvalue weighted by atomic mass is 19.1. The number of H-pyrrole nitrogens is 1. The first-order chi connectivity index (χ1) is 13.4. The second-order valence-electron chi connectivity index (χ2n) is 9.87. The molecule has 0 aliphatic carbocycles. The van der Waals surface area contributed by atoms with Gasteiger partial charge in [0.2, 0.25) is 0 Å². The summed E-state index contributed by atoms with van der Waals surface area (Å²) in [7, 11) is 0. The van der Waals surface area contributed by atoms with Crippen LogP contribution in [0.2, 0.25) is 0 Å². The Kier molecular flexibility index (Phi) is 5.61.